The molecule has 12 heteroatoms. The van der Waals surface area contributed by atoms with Crippen LogP contribution in [0, 0.1) is 17.1 Å². The van der Waals surface area contributed by atoms with Crippen LogP contribution >= 0.6 is 0 Å². The van der Waals surface area contributed by atoms with Crippen LogP contribution in [0.15, 0.2) is 41.1 Å². The Morgan fingerprint density at radius 3 is 2.84 bits per heavy atom. The summed E-state index contributed by atoms with van der Waals surface area (Å²) < 4.78 is 41.7. The Labute approximate surface area is 210 Å². The topological polar surface area (TPSA) is 148 Å². The molecule has 10 nitrogen and oxygen atoms in total. The van der Waals surface area contributed by atoms with E-state index >= 15 is 4.39 Å². The predicted molar refractivity (Wildman–Crippen MR) is 125 cm³/mol. The number of primary amides is 1. The average molecular weight is 514 g/mol. The number of piperidine rings is 1. The zero-order valence-corrected chi connectivity index (χ0v) is 20.0. The lowest BCUT2D eigenvalue weighted by Crippen LogP contribution is -2.54. The number of phenolic OH excluding ortho intramolecular Hbond substituents is 1. The van der Waals surface area contributed by atoms with Crippen molar-refractivity contribution in [2.45, 2.75) is 37.5 Å². The largest absolute Gasteiger partial charge is 0.507 e. The number of carbonyl (C=O) groups is 2. The highest BCUT2D eigenvalue weighted by molar-refractivity contribution is 5.94. The molecule has 2 atom stereocenters. The van der Waals surface area contributed by atoms with E-state index < -0.39 is 29.4 Å². The predicted octanol–water partition coefficient (Wildman–Crippen LogP) is 2.66. The van der Waals surface area contributed by atoms with Gasteiger partial charge in [0, 0.05) is 31.4 Å². The summed E-state index contributed by atoms with van der Waals surface area (Å²) in [7, 11) is 1.18. The molecule has 0 radical (unpaired) electrons. The van der Waals surface area contributed by atoms with E-state index in [2.05, 4.69) is 9.84 Å². The van der Waals surface area contributed by atoms with Crippen LogP contribution in [0.5, 0.6) is 5.75 Å². The number of nitrogens with zero attached hydrogens (tertiary/aromatic N) is 4. The summed E-state index contributed by atoms with van der Waals surface area (Å²) in [6.45, 7) is 0.111. The van der Waals surface area contributed by atoms with Gasteiger partial charge in [-0.25, -0.2) is 8.78 Å². The maximum atomic E-state index is 15.8. The molecule has 2 aromatic heterocycles. The number of halogens is 2. The van der Waals surface area contributed by atoms with Crippen molar-refractivity contribution in [3.63, 3.8) is 0 Å². The smallest absolute Gasteiger partial charge is 0.311 e. The number of benzene rings is 1. The van der Waals surface area contributed by atoms with Gasteiger partial charge >= 0.3 is 5.97 Å². The van der Waals surface area contributed by atoms with Crippen LogP contribution in [-0.4, -0.2) is 58.0 Å². The van der Waals surface area contributed by atoms with E-state index in [1.807, 2.05) is 6.07 Å². The quantitative estimate of drug-likeness (QED) is 0.437. The van der Waals surface area contributed by atoms with Crippen LogP contribution in [-0.2, 0) is 28.0 Å². The number of phenols is 1. The molecule has 194 valence electrons. The van der Waals surface area contributed by atoms with Crippen LogP contribution in [0.25, 0.3) is 11.3 Å². The lowest BCUT2D eigenvalue weighted by atomic mass is 9.83. The maximum Gasteiger partial charge on any atom is 0.311 e. The molecule has 0 bridgehead atoms. The van der Waals surface area contributed by atoms with Crippen molar-refractivity contribution in [1.82, 2.24) is 14.7 Å². The second-order valence-electron chi connectivity index (χ2n) is 8.88. The lowest BCUT2D eigenvalue weighted by Gasteiger charge is -2.43. The van der Waals surface area contributed by atoms with Crippen molar-refractivity contribution in [1.29, 1.82) is 5.26 Å². The summed E-state index contributed by atoms with van der Waals surface area (Å²) in [5.74, 6) is -1.95. The monoisotopic (exact) mass is 513 g/mol. The highest BCUT2D eigenvalue weighted by Gasteiger charge is 2.46. The summed E-state index contributed by atoms with van der Waals surface area (Å²) in [4.78, 5) is 25.4. The maximum absolute atomic E-state index is 15.8. The van der Waals surface area contributed by atoms with Crippen molar-refractivity contribution < 1.29 is 32.6 Å². The minimum Gasteiger partial charge on any atom is -0.507 e. The van der Waals surface area contributed by atoms with E-state index in [0.717, 1.165) is 6.07 Å². The van der Waals surface area contributed by atoms with Gasteiger partial charge in [0.1, 0.15) is 29.0 Å². The van der Waals surface area contributed by atoms with Crippen LogP contribution < -0.4 is 5.73 Å². The SMILES string of the molecule is COC(=O)Cc1nn(C2(CC#N)CCN(Cc3cc(O)c(-c4ccco4)cc3F)CC2F)cc1C(N)=O. The van der Waals surface area contributed by atoms with Gasteiger partial charge in [0.05, 0.1) is 49.1 Å². The molecule has 1 aliphatic heterocycles. The number of aromatic hydroxyl groups is 1. The van der Waals surface area contributed by atoms with Gasteiger partial charge < -0.3 is 20.0 Å². The van der Waals surface area contributed by atoms with Gasteiger partial charge in [-0.1, -0.05) is 0 Å². The number of nitriles is 1. The third-order valence-corrected chi connectivity index (χ3v) is 6.64. The molecule has 1 amide bonds. The van der Waals surface area contributed by atoms with Gasteiger partial charge in [0.2, 0.25) is 0 Å². The number of furan rings is 1. The summed E-state index contributed by atoms with van der Waals surface area (Å²) >= 11 is 0. The first-order chi connectivity index (χ1) is 17.7. The third-order valence-electron chi connectivity index (χ3n) is 6.64. The number of rotatable bonds is 8. The Hall–Kier alpha value is -4.24. The van der Waals surface area contributed by atoms with Crippen molar-refractivity contribution in [2.75, 3.05) is 20.2 Å². The highest BCUT2D eigenvalue weighted by Crippen LogP contribution is 2.38. The number of ether oxygens (including phenoxy) is 1. The van der Waals surface area contributed by atoms with E-state index in [1.54, 1.807) is 17.0 Å². The van der Waals surface area contributed by atoms with Gasteiger partial charge in [-0.05, 0) is 30.7 Å². The molecule has 3 N–H and O–H groups in total. The summed E-state index contributed by atoms with van der Waals surface area (Å²) in [5.41, 5.74) is 4.34. The van der Waals surface area contributed by atoms with Gasteiger partial charge in [-0.2, -0.15) is 10.4 Å². The standard InChI is InChI=1S/C25H25F2N5O5/c1-36-23(34)11-19-17(24(29)35)13-32(30-19)25(4-6-28)5-7-31(14-22(25)27)12-15-9-20(33)16(10-18(15)26)21-3-2-8-37-21/h2-3,8-10,13,22,33H,4-5,7,11-12,14H2,1H3,(H2,29,35). The van der Waals surface area contributed by atoms with Crippen molar-refractivity contribution in [3.05, 3.63) is 59.4 Å². The number of hydrogen-bond acceptors (Lipinski definition) is 8. The molecular formula is C25H25F2N5O5. The van der Waals surface area contributed by atoms with Crippen molar-refractivity contribution >= 4 is 11.9 Å². The fourth-order valence-corrected chi connectivity index (χ4v) is 4.59. The number of carbonyl (C=O) groups excluding carboxylic acids is 2. The first-order valence-corrected chi connectivity index (χ1v) is 11.4. The van der Waals surface area contributed by atoms with E-state index in [1.165, 1.54) is 30.3 Å². The molecule has 1 aromatic carbocycles. The molecule has 0 spiro atoms. The summed E-state index contributed by atoms with van der Waals surface area (Å²) in [6, 6.07) is 7.65. The Morgan fingerprint density at radius 2 is 2.22 bits per heavy atom. The molecule has 0 saturated carbocycles. The van der Waals surface area contributed by atoms with Crippen molar-refractivity contribution in [3.8, 4) is 23.1 Å². The zero-order chi connectivity index (χ0) is 26.7. The first-order valence-electron chi connectivity index (χ1n) is 11.4. The van der Waals surface area contributed by atoms with Gasteiger partial charge in [0.15, 0.2) is 0 Å². The molecular weight excluding hydrogens is 488 g/mol. The fraction of sp³-hybridized carbons (Fsp3) is 0.360. The van der Waals surface area contributed by atoms with E-state index in [9.17, 15) is 24.3 Å². The minimum absolute atomic E-state index is 0.0140. The Morgan fingerprint density at radius 1 is 1.43 bits per heavy atom. The van der Waals surface area contributed by atoms with E-state index in [0.29, 0.717) is 5.76 Å². The molecule has 2 unspecified atom stereocenters. The number of amides is 1. The minimum atomic E-state index is -1.63. The molecule has 37 heavy (non-hydrogen) atoms. The van der Waals surface area contributed by atoms with E-state index in [4.69, 9.17) is 10.2 Å². The first kappa shape index (κ1) is 25.8. The number of hydrogen-bond donors (Lipinski definition) is 2. The molecule has 1 aliphatic rings. The number of alkyl halides is 1. The second-order valence-corrected chi connectivity index (χ2v) is 8.88. The number of methoxy groups -OCH3 is 1. The number of esters is 1. The van der Waals surface area contributed by atoms with Gasteiger partial charge in [-0.15, -0.1) is 0 Å². The molecule has 0 aliphatic carbocycles. The number of aromatic nitrogens is 2. The molecule has 1 fully saturated rings. The fourth-order valence-electron chi connectivity index (χ4n) is 4.59. The molecule has 3 heterocycles. The normalized spacial score (nSPS) is 19.9. The summed E-state index contributed by atoms with van der Waals surface area (Å²) in [5, 5.41) is 24.1. The number of likely N-dealkylation sites (tertiary alicyclic amines) is 1. The Balaban J connectivity index is 1.57. The van der Waals surface area contributed by atoms with Crippen LogP contribution in [0.4, 0.5) is 8.78 Å². The zero-order valence-electron chi connectivity index (χ0n) is 20.0. The summed E-state index contributed by atoms with van der Waals surface area (Å²) in [6.07, 6.45) is 0.541. The average Bonchev–Trinajstić information content (AvgIpc) is 3.54. The van der Waals surface area contributed by atoms with Crippen LogP contribution in [0.1, 0.15) is 34.5 Å². The second kappa shape index (κ2) is 10.4. The Kier molecular flexibility index (Phi) is 7.26. The lowest BCUT2D eigenvalue weighted by molar-refractivity contribution is -0.139. The molecule has 1 saturated heterocycles. The molecule has 3 aromatic rings. The van der Waals surface area contributed by atoms with E-state index in [-0.39, 0.29) is 67.0 Å². The van der Waals surface area contributed by atoms with Gasteiger partial charge in [-0.3, -0.25) is 19.2 Å². The van der Waals surface area contributed by atoms with Gasteiger partial charge in [0.25, 0.3) is 5.91 Å². The van der Waals surface area contributed by atoms with Crippen LogP contribution in [0.2, 0.25) is 0 Å². The van der Waals surface area contributed by atoms with Crippen LogP contribution in [0.3, 0.4) is 0 Å². The third kappa shape index (κ3) is 5.03. The van der Waals surface area contributed by atoms with Crippen molar-refractivity contribution in [2.24, 2.45) is 5.73 Å². The molecule has 4 rings (SSSR count). The highest BCUT2D eigenvalue weighted by atomic mass is 19.1. The Bertz CT molecular complexity index is 1350. The number of nitrogens with two attached hydrogens (primary N) is 1.